The summed E-state index contributed by atoms with van der Waals surface area (Å²) in [5, 5.41) is 15.5. The molecule has 24 heavy (non-hydrogen) atoms. The number of amides is 1. The van der Waals surface area contributed by atoms with E-state index in [0.717, 1.165) is 29.7 Å². The van der Waals surface area contributed by atoms with Gasteiger partial charge in [0.2, 0.25) is 5.91 Å². The summed E-state index contributed by atoms with van der Waals surface area (Å²) in [4.78, 5) is 28.6. The molecule has 7 heteroatoms. The summed E-state index contributed by atoms with van der Waals surface area (Å²) in [6, 6.07) is 0. The van der Waals surface area contributed by atoms with Crippen LogP contribution >= 0.6 is 0 Å². The number of carbonyl (C=O) groups excluding carboxylic acids is 1. The number of pyridine rings is 1. The van der Waals surface area contributed by atoms with Gasteiger partial charge in [-0.1, -0.05) is 0 Å². The highest BCUT2D eigenvalue weighted by Crippen LogP contribution is 2.44. The summed E-state index contributed by atoms with van der Waals surface area (Å²) in [5.74, 6) is -0.0319. The van der Waals surface area contributed by atoms with Crippen molar-refractivity contribution in [2.45, 2.75) is 39.5 Å². The maximum atomic E-state index is 12.1. The normalized spacial score (nSPS) is 15.7. The second-order valence-electron chi connectivity index (χ2n) is 6.93. The zero-order valence-corrected chi connectivity index (χ0v) is 14.4. The van der Waals surface area contributed by atoms with Gasteiger partial charge in [-0.05, 0) is 44.2 Å². The summed E-state index contributed by atoms with van der Waals surface area (Å²) in [6.45, 7) is 4.48. The maximum Gasteiger partial charge on any atom is 0.273 e. The Hall–Kier alpha value is -2.15. The van der Waals surface area contributed by atoms with Gasteiger partial charge in [0, 0.05) is 31.1 Å². The number of fused-ring (bicyclic) bond motifs is 1. The summed E-state index contributed by atoms with van der Waals surface area (Å²) < 4.78 is 1.62. The number of aliphatic hydroxyl groups is 1. The highest BCUT2D eigenvalue weighted by Gasteiger charge is 2.41. The van der Waals surface area contributed by atoms with Crippen LogP contribution in [0.4, 0.5) is 0 Å². The Labute approximate surface area is 140 Å². The number of aromatic amines is 1. The van der Waals surface area contributed by atoms with E-state index in [2.05, 4.69) is 15.4 Å². The van der Waals surface area contributed by atoms with E-state index >= 15 is 0 Å². The van der Waals surface area contributed by atoms with Gasteiger partial charge in [0.1, 0.15) is 0 Å². The Balaban J connectivity index is 1.72. The maximum absolute atomic E-state index is 12.1. The number of hydrogen-bond donors (Lipinski definition) is 3. The van der Waals surface area contributed by atoms with Crippen LogP contribution < -0.4 is 10.9 Å². The molecule has 0 bridgehead atoms. The quantitative estimate of drug-likeness (QED) is 0.725. The lowest BCUT2D eigenvalue weighted by Crippen LogP contribution is -2.32. The van der Waals surface area contributed by atoms with E-state index in [1.165, 1.54) is 0 Å². The van der Waals surface area contributed by atoms with Crippen LogP contribution in [0.25, 0.3) is 11.0 Å². The van der Waals surface area contributed by atoms with Crippen molar-refractivity contribution < 1.29 is 9.90 Å². The van der Waals surface area contributed by atoms with E-state index in [1.807, 2.05) is 13.8 Å². The smallest absolute Gasteiger partial charge is 0.273 e. The molecule has 0 radical (unpaired) electrons. The first kappa shape index (κ1) is 16.7. The number of aryl methyl sites for hydroxylation is 3. The Morgan fingerprint density at radius 1 is 1.42 bits per heavy atom. The number of aliphatic hydroxyl groups excluding tert-OH is 1. The molecule has 2 heterocycles. The van der Waals surface area contributed by atoms with Gasteiger partial charge in [-0.25, -0.2) is 4.98 Å². The molecule has 1 amide bonds. The van der Waals surface area contributed by atoms with Crippen molar-refractivity contribution in [3.63, 3.8) is 0 Å². The molecule has 0 unspecified atom stereocenters. The summed E-state index contributed by atoms with van der Waals surface area (Å²) >= 11 is 0. The molecule has 0 spiro atoms. The highest BCUT2D eigenvalue weighted by atomic mass is 16.3. The van der Waals surface area contributed by atoms with Gasteiger partial charge in [0.15, 0.2) is 5.65 Å². The number of H-pyrrole nitrogens is 1. The van der Waals surface area contributed by atoms with Gasteiger partial charge in [-0.3, -0.25) is 19.4 Å². The van der Waals surface area contributed by atoms with Crippen molar-refractivity contribution >= 4 is 16.9 Å². The lowest BCUT2D eigenvalue weighted by Gasteiger charge is -2.14. The first-order chi connectivity index (χ1) is 11.4. The molecule has 0 aromatic carbocycles. The van der Waals surface area contributed by atoms with Crippen molar-refractivity contribution in [3.05, 3.63) is 27.2 Å². The Morgan fingerprint density at radius 3 is 2.75 bits per heavy atom. The first-order valence-electron chi connectivity index (χ1n) is 8.29. The molecule has 3 N–H and O–H groups in total. The molecule has 1 aliphatic rings. The molecule has 7 nitrogen and oxygen atoms in total. The van der Waals surface area contributed by atoms with E-state index in [-0.39, 0.29) is 23.5 Å². The van der Waals surface area contributed by atoms with Crippen molar-refractivity contribution in [1.29, 1.82) is 0 Å². The number of hydrogen-bond acceptors (Lipinski definition) is 4. The average Bonchev–Trinajstić information content (AvgIpc) is 3.26. The molecule has 0 atom stereocenters. The first-order valence-corrected chi connectivity index (χ1v) is 8.29. The van der Waals surface area contributed by atoms with Crippen LogP contribution in [0, 0.1) is 19.3 Å². The average molecular weight is 332 g/mol. The van der Waals surface area contributed by atoms with Crippen LogP contribution in [0.15, 0.2) is 4.79 Å². The molecule has 1 saturated carbocycles. The Bertz CT molecular complexity index is 846. The fourth-order valence-corrected chi connectivity index (χ4v) is 3.20. The van der Waals surface area contributed by atoms with E-state index in [1.54, 1.807) is 11.7 Å². The van der Waals surface area contributed by atoms with Crippen LogP contribution in [-0.4, -0.2) is 38.9 Å². The molecule has 1 aliphatic carbocycles. The highest BCUT2D eigenvalue weighted by molar-refractivity contribution is 5.81. The van der Waals surface area contributed by atoms with Gasteiger partial charge >= 0.3 is 0 Å². The fraction of sp³-hybridized carbons (Fsp3) is 0.588. The SMILES string of the molecule is Cc1nc2c(c(C)c1CCC(=O)NCC1(CO)CC1)c(=O)[nH]n2C. The third kappa shape index (κ3) is 2.96. The number of carbonyl (C=O) groups is 1. The lowest BCUT2D eigenvalue weighted by molar-refractivity contribution is -0.121. The van der Waals surface area contributed by atoms with Crippen molar-refractivity contribution in [3.8, 4) is 0 Å². The van der Waals surface area contributed by atoms with Crippen LogP contribution in [0.5, 0.6) is 0 Å². The second-order valence-corrected chi connectivity index (χ2v) is 6.93. The van der Waals surface area contributed by atoms with E-state index in [4.69, 9.17) is 0 Å². The number of rotatable bonds is 6. The fourth-order valence-electron chi connectivity index (χ4n) is 3.20. The number of nitrogens with one attached hydrogen (secondary N) is 2. The molecule has 1 fully saturated rings. The van der Waals surface area contributed by atoms with E-state index in [0.29, 0.717) is 30.4 Å². The molecule has 2 aromatic rings. The third-order valence-electron chi connectivity index (χ3n) is 5.13. The monoisotopic (exact) mass is 332 g/mol. The molecular formula is C17H24N4O3. The molecular weight excluding hydrogens is 308 g/mol. The molecule has 2 aromatic heterocycles. The van der Waals surface area contributed by atoms with Gasteiger partial charge in [-0.2, -0.15) is 0 Å². The van der Waals surface area contributed by atoms with Crippen molar-refractivity contribution in [2.24, 2.45) is 12.5 Å². The van der Waals surface area contributed by atoms with Crippen LogP contribution in [0.1, 0.15) is 36.1 Å². The summed E-state index contributed by atoms with van der Waals surface area (Å²) in [7, 11) is 1.76. The molecule has 0 aliphatic heterocycles. The van der Waals surface area contributed by atoms with Crippen molar-refractivity contribution in [1.82, 2.24) is 20.1 Å². The second kappa shape index (κ2) is 6.05. The van der Waals surface area contributed by atoms with Gasteiger partial charge in [0.05, 0.1) is 12.0 Å². The molecule has 3 rings (SSSR count). The zero-order valence-electron chi connectivity index (χ0n) is 14.4. The minimum absolute atomic E-state index is 0.0319. The van der Waals surface area contributed by atoms with Gasteiger partial charge in [0.25, 0.3) is 5.56 Å². The van der Waals surface area contributed by atoms with Crippen LogP contribution in [-0.2, 0) is 18.3 Å². The largest absolute Gasteiger partial charge is 0.396 e. The number of aromatic nitrogens is 3. The topological polar surface area (TPSA) is 100 Å². The predicted octanol–water partition coefficient (Wildman–Crippen LogP) is 0.700. The Morgan fingerprint density at radius 2 is 2.12 bits per heavy atom. The standard InChI is InChI=1S/C17H24N4O3/c1-10-12(4-5-13(23)18-8-17(9-22)6-7-17)11(2)19-15-14(10)16(24)20-21(15)3/h22H,4-9H2,1-3H3,(H,18,23)(H,20,24). The minimum Gasteiger partial charge on any atom is -0.396 e. The Kier molecular flexibility index (Phi) is 4.21. The summed E-state index contributed by atoms with van der Waals surface area (Å²) in [6.07, 6.45) is 2.84. The van der Waals surface area contributed by atoms with E-state index < -0.39 is 0 Å². The number of nitrogens with zero attached hydrogens (tertiary/aromatic N) is 2. The predicted molar refractivity (Wildman–Crippen MR) is 90.9 cm³/mol. The third-order valence-corrected chi connectivity index (χ3v) is 5.13. The minimum atomic E-state index is -0.151. The lowest BCUT2D eigenvalue weighted by atomic mass is 10.00. The van der Waals surface area contributed by atoms with Gasteiger partial charge < -0.3 is 10.4 Å². The van der Waals surface area contributed by atoms with Gasteiger partial charge in [-0.15, -0.1) is 0 Å². The zero-order chi connectivity index (χ0) is 17.5. The molecule has 130 valence electrons. The van der Waals surface area contributed by atoms with Crippen LogP contribution in [0.2, 0.25) is 0 Å². The van der Waals surface area contributed by atoms with Crippen LogP contribution in [0.3, 0.4) is 0 Å². The summed E-state index contributed by atoms with van der Waals surface area (Å²) in [5.41, 5.74) is 3.10. The molecule has 0 saturated heterocycles. The van der Waals surface area contributed by atoms with E-state index in [9.17, 15) is 14.7 Å². The van der Waals surface area contributed by atoms with Crippen molar-refractivity contribution in [2.75, 3.05) is 13.2 Å².